The maximum atomic E-state index is 11.2. The van der Waals surface area contributed by atoms with Crippen LogP contribution >= 0.6 is 11.3 Å². The summed E-state index contributed by atoms with van der Waals surface area (Å²) in [7, 11) is 0. The highest BCUT2D eigenvalue weighted by Crippen LogP contribution is 2.28. The third-order valence-electron chi connectivity index (χ3n) is 2.44. The molecule has 4 heteroatoms. The molecule has 0 spiro atoms. The lowest BCUT2D eigenvalue weighted by Crippen LogP contribution is -2.10. The molecule has 0 aliphatic carbocycles. The Hall–Kier alpha value is -1.68. The number of hydrogen-bond acceptors (Lipinski definition) is 3. The van der Waals surface area contributed by atoms with Gasteiger partial charge in [-0.05, 0) is 12.0 Å². The van der Waals surface area contributed by atoms with Crippen molar-refractivity contribution in [3.63, 3.8) is 0 Å². The van der Waals surface area contributed by atoms with E-state index in [2.05, 4.69) is 11.9 Å². The van der Waals surface area contributed by atoms with Gasteiger partial charge in [0.05, 0.1) is 11.2 Å². The van der Waals surface area contributed by atoms with Gasteiger partial charge in [0, 0.05) is 5.56 Å². The Morgan fingerprint density at radius 2 is 2.19 bits per heavy atom. The molecule has 0 aliphatic rings. The van der Waals surface area contributed by atoms with Gasteiger partial charge in [0.1, 0.15) is 4.88 Å². The minimum Gasteiger partial charge on any atom is -0.365 e. The standard InChI is InChI=1S/C12H12N2OS/c1-2-8-5-3-4-6-9(8)10-11(12(13)15)16-7-14-10/h3-7H,2H2,1H3,(H2,13,15). The molecular formula is C12H12N2OS. The molecule has 16 heavy (non-hydrogen) atoms. The monoisotopic (exact) mass is 232 g/mol. The van der Waals surface area contributed by atoms with Gasteiger partial charge in [0.25, 0.3) is 5.91 Å². The highest BCUT2D eigenvalue weighted by atomic mass is 32.1. The minimum absolute atomic E-state index is 0.414. The first-order valence-electron chi connectivity index (χ1n) is 5.05. The summed E-state index contributed by atoms with van der Waals surface area (Å²) < 4.78 is 0. The second-order valence-electron chi connectivity index (χ2n) is 3.41. The fourth-order valence-electron chi connectivity index (χ4n) is 1.67. The predicted octanol–water partition coefficient (Wildman–Crippen LogP) is 2.47. The Morgan fingerprint density at radius 1 is 1.44 bits per heavy atom. The van der Waals surface area contributed by atoms with Gasteiger partial charge in [0.2, 0.25) is 0 Å². The molecule has 0 bridgehead atoms. The van der Waals surface area contributed by atoms with E-state index < -0.39 is 5.91 Å². The van der Waals surface area contributed by atoms with Crippen LogP contribution in [0.1, 0.15) is 22.2 Å². The van der Waals surface area contributed by atoms with Crippen molar-refractivity contribution < 1.29 is 4.79 Å². The van der Waals surface area contributed by atoms with Crippen molar-refractivity contribution in [3.05, 3.63) is 40.2 Å². The number of aromatic nitrogens is 1. The van der Waals surface area contributed by atoms with Crippen LogP contribution in [-0.4, -0.2) is 10.9 Å². The van der Waals surface area contributed by atoms with E-state index in [1.165, 1.54) is 16.9 Å². The van der Waals surface area contributed by atoms with Gasteiger partial charge in [-0.2, -0.15) is 0 Å². The molecule has 82 valence electrons. The number of nitrogens with two attached hydrogens (primary N) is 1. The zero-order valence-electron chi connectivity index (χ0n) is 8.93. The van der Waals surface area contributed by atoms with Gasteiger partial charge in [-0.25, -0.2) is 4.98 Å². The van der Waals surface area contributed by atoms with Crippen molar-refractivity contribution >= 4 is 17.2 Å². The second kappa shape index (κ2) is 4.45. The Bertz CT molecular complexity index is 519. The maximum Gasteiger partial charge on any atom is 0.261 e. The lowest BCUT2D eigenvalue weighted by Gasteiger charge is -2.05. The van der Waals surface area contributed by atoms with E-state index in [0.717, 1.165) is 12.0 Å². The smallest absolute Gasteiger partial charge is 0.261 e. The van der Waals surface area contributed by atoms with Crippen molar-refractivity contribution in [2.45, 2.75) is 13.3 Å². The van der Waals surface area contributed by atoms with E-state index in [-0.39, 0.29) is 0 Å². The third kappa shape index (κ3) is 1.84. The number of benzene rings is 1. The van der Waals surface area contributed by atoms with E-state index in [9.17, 15) is 4.79 Å². The SMILES string of the molecule is CCc1ccccc1-c1ncsc1C(N)=O. The number of carbonyl (C=O) groups is 1. The quantitative estimate of drug-likeness (QED) is 0.883. The summed E-state index contributed by atoms with van der Waals surface area (Å²) in [6, 6.07) is 7.94. The number of amides is 1. The molecule has 2 aromatic rings. The van der Waals surface area contributed by atoms with Crippen LogP contribution in [-0.2, 0) is 6.42 Å². The highest BCUT2D eigenvalue weighted by Gasteiger charge is 2.15. The number of nitrogens with zero attached hydrogens (tertiary/aromatic N) is 1. The van der Waals surface area contributed by atoms with Gasteiger partial charge in [-0.3, -0.25) is 4.79 Å². The molecule has 1 aromatic heterocycles. The molecule has 0 saturated carbocycles. The van der Waals surface area contributed by atoms with E-state index in [1.807, 2.05) is 24.3 Å². The molecule has 0 aliphatic heterocycles. The maximum absolute atomic E-state index is 11.2. The fourth-order valence-corrected chi connectivity index (χ4v) is 2.33. The molecule has 0 atom stereocenters. The number of thiazole rings is 1. The molecule has 0 unspecified atom stereocenters. The molecule has 1 heterocycles. The van der Waals surface area contributed by atoms with E-state index in [4.69, 9.17) is 5.73 Å². The molecule has 2 rings (SSSR count). The fraction of sp³-hybridized carbons (Fsp3) is 0.167. The van der Waals surface area contributed by atoms with Crippen LogP contribution in [0.5, 0.6) is 0 Å². The number of carbonyl (C=O) groups excluding carboxylic acids is 1. The van der Waals surface area contributed by atoms with Crippen LogP contribution in [0.4, 0.5) is 0 Å². The molecule has 1 amide bonds. The van der Waals surface area contributed by atoms with E-state index in [1.54, 1.807) is 5.51 Å². The first-order chi connectivity index (χ1) is 7.74. The molecular weight excluding hydrogens is 220 g/mol. The topological polar surface area (TPSA) is 56.0 Å². The lowest BCUT2D eigenvalue weighted by molar-refractivity contribution is 0.100. The molecule has 3 nitrogen and oxygen atoms in total. The summed E-state index contributed by atoms with van der Waals surface area (Å²) in [6.07, 6.45) is 0.909. The third-order valence-corrected chi connectivity index (χ3v) is 3.29. The van der Waals surface area contributed by atoms with Crippen molar-refractivity contribution in [1.29, 1.82) is 0 Å². The first kappa shape index (κ1) is 10.8. The van der Waals surface area contributed by atoms with Gasteiger partial charge >= 0.3 is 0 Å². The lowest BCUT2D eigenvalue weighted by atomic mass is 10.0. The van der Waals surface area contributed by atoms with Gasteiger partial charge in [0.15, 0.2) is 0 Å². The van der Waals surface area contributed by atoms with Crippen LogP contribution in [0.15, 0.2) is 29.8 Å². The van der Waals surface area contributed by atoms with Crippen LogP contribution in [0.3, 0.4) is 0 Å². The minimum atomic E-state index is -0.414. The largest absolute Gasteiger partial charge is 0.365 e. The number of aryl methyl sites for hydroxylation is 1. The Labute approximate surface area is 97.9 Å². The van der Waals surface area contributed by atoms with Crippen molar-refractivity contribution in [2.75, 3.05) is 0 Å². The van der Waals surface area contributed by atoms with Crippen LogP contribution in [0.2, 0.25) is 0 Å². The summed E-state index contributed by atoms with van der Waals surface area (Å²) in [5.41, 5.74) is 9.85. The van der Waals surface area contributed by atoms with Gasteiger partial charge < -0.3 is 5.73 Å². The highest BCUT2D eigenvalue weighted by molar-refractivity contribution is 7.12. The van der Waals surface area contributed by atoms with E-state index >= 15 is 0 Å². The summed E-state index contributed by atoms with van der Waals surface area (Å²) >= 11 is 1.29. The average Bonchev–Trinajstić information content (AvgIpc) is 2.77. The summed E-state index contributed by atoms with van der Waals surface area (Å²) in [4.78, 5) is 16.0. The second-order valence-corrected chi connectivity index (χ2v) is 4.26. The average molecular weight is 232 g/mol. The van der Waals surface area contributed by atoms with Crippen LogP contribution in [0, 0.1) is 0 Å². The molecule has 0 radical (unpaired) electrons. The molecule has 1 aromatic carbocycles. The number of rotatable bonds is 3. The first-order valence-corrected chi connectivity index (χ1v) is 5.93. The molecule has 2 N–H and O–H groups in total. The Kier molecular flexibility index (Phi) is 3.01. The summed E-state index contributed by atoms with van der Waals surface area (Å²) in [6.45, 7) is 2.08. The van der Waals surface area contributed by atoms with Crippen LogP contribution < -0.4 is 5.73 Å². The number of primary amides is 1. The van der Waals surface area contributed by atoms with Crippen molar-refractivity contribution in [2.24, 2.45) is 5.73 Å². The Morgan fingerprint density at radius 3 is 2.88 bits per heavy atom. The zero-order valence-corrected chi connectivity index (χ0v) is 9.75. The molecule has 0 fully saturated rings. The van der Waals surface area contributed by atoms with Crippen LogP contribution in [0.25, 0.3) is 11.3 Å². The van der Waals surface area contributed by atoms with E-state index in [0.29, 0.717) is 10.6 Å². The van der Waals surface area contributed by atoms with Gasteiger partial charge in [-0.1, -0.05) is 31.2 Å². The van der Waals surface area contributed by atoms with Crippen molar-refractivity contribution in [1.82, 2.24) is 4.98 Å². The molecule has 0 saturated heterocycles. The summed E-state index contributed by atoms with van der Waals surface area (Å²) in [5.74, 6) is -0.414. The van der Waals surface area contributed by atoms with Gasteiger partial charge in [-0.15, -0.1) is 11.3 Å². The summed E-state index contributed by atoms with van der Waals surface area (Å²) in [5, 5.41) is 0. The normalized spacial score (nSPS) is 10.3. The number of hydrogen-bond donors (Lipinski definition) is 1. The van der Waals surface area contributed by atoms with Crippen molar-refractivity contribution in [3.8, 4) is 11.3 Å². The predicted molar refractivity (Wildman–Crippen MR) is 65.4 cm³/mol. The zero-order chi connectivity index (χ0) is 11.5. The Balaban J connectivity index is 2.58.